The lowest BCUT2D eigenvalue weighted by atomic mass is 9.90. The van der Waals surface area contributed by atoms with Gasteiger partial charge in [0.15, 0.2) is 11.6 Å². The van der Waals surface area contributed by atoms with Gasteiger partial charge in [-0.2, -0.15) is 0 Å². The van der Waals surface area contributed by atoms with E-state index in [1.807, 2.05) is 30.5 Å². The first-order chi connectivity index (χ1) is 13.9. The molecule has 6 heteroatoms. The summed E-state index contributed by atoms with van der Waals surface area (Å²) in [5, 5.41) is 14.3. The Hall–Kier alpha value is -2.37. The number of benzene rings is 2. The van der Waals surface area contributed by atoms with Crippen LogP contribution in [0.3, 0.4) is 0 Å². The molecule has 2 N–H and O–H groups in total. The van der Waals surface area contributed by atoms with E-state index in [0.717, 1.165) is 35.0 Å². The van der Waals surface area contributed by atoms with Gasteiger partial charge in [-0.25, -0.2) is 4.39 Å². The third kappa shape index (κ3) is 4.16. The van der Waals surface area contributed by atoms with Gasteiger partial charge in [-0.1, -0.05) is 17.7 Å². The van der Waals surface area contributed by atoms with E-state index in [9.17, 15) is 9.50 Å². The van der Waals surface area contributed by atoms with Crippen LogP contribution in [0.4, 0.5) is 10.1 Å². The number of aromatic nitrogens is 1. The van der Waals surface area contributed by atoms with E-state index >= 15 is 0 Å². The van der Waals surface area contributed by atoms with Gasteiger partial charge in [-0.3, -0.25) is 4.98 Å². The highest BCUT2D eigenvalue weighted by molar-refractivity contribution is 6.32. The lowest BCUT2D eigenvalue weighted by Gasteiger charge is -2.33. The lowest BCUT2D eigenvalue weighted by molar-refractivity contribution is 0.221. The summed E-state index contributed by atoms with van der Waals surface area (Å²) in [5.41, 5.74) is 3.36. The van der Waals surface area contributed by atoms with Gasteiger partial charge in [0, 0.05) is 29.4 Å². The first kappa shape index (κ1) is 19.9. The van der Waals surface area contributed by atoms with Crippen molar-refractivity contribution < 1.29 is 9.50 Å². The molecule has 1 heterocycles. The second-order valence-electron chi connectivity index (χ2n) is 7.99. The highest BCUT2D eigenvalue weighted by atomic mass is 35.5. The Morgan fingerprint density at radius 3 is 2.52 bits per heavy atom. The standard InChI is InChI=1S/C23H25ClFN3O/c1-28(2)17-6-4-16(5-7-17)27-22-9-10-26-21-8-3-14(11-18(21)22)15-12-19(24)23(29)20(25)13-15/h3,8-13,16-17,29H,4-7H2,1-2H3,(H,26,27). The molecule has 0 bridgehead atoms. The number of rotatable bonds is 4. The molecule has 0 unspecified atom stereocenters. The number of aromatic hydroxyl groups is 1. The van der Waals surface area contributed by atoms with Crippen LogP contribution < -0.4 is 5.32 Å². The monoisotopic (exact) mass is 413 g/mol. The van der Waals surface area contributed by atoms with Crippen molar-refractivity contribution in [2.75, 3.05) is 19.4 Å². The van der Waals surface area contributed by atoms with E-state index in [4.69, 9.17) is 11.6 Å². The molecule has 1 aromatic heterocycles. The summed E-state index contributed by atoms with van der Waals surface area (Å²) in [7, 11) is 4.30. The highest BCUT2D eigenvalue weighted by Gasteiger charge is 2.22. The number of phenolic OH excluding ortho intramolecular Hbond substituents is 1. The van der Waals surface area contributed by atoms with Gasteiger partial charge in [0.25, 0.3) is 0 Å². The summed E-state index contributed by atoms with van der Waals surface area (Å²) in [6.07, 6.45) is 6.44. The van der Waals surface area contributed by atoms with Crippen molar-refractivity contribution in [2.45, 2.75) is 37.8 Å². The van der Waals surface area contributed by atoms with Crippen LogP contribution >= 0.6 is 11.6 Å². The van der Waals surface area contributed by atoms with Crippen LogP contribution in [0.25, 0.3) is 22.0 Å². The van der Waals surface area contributed by atoms with E-state index in [1.54, 1.807) is 6.07 Å². The Labute approximate surface area is 175 Å². The van der Waals surface area contributed by atoms with Crippen molar-refractivity contribution in [3.8, 4) is 16.9 Å². The molecule has 1 fully saturated rings. The minimum absolute atomic E-state index is 0.00211. The average Bonchev–Trinajstić information content (AvgIpc) is 2.72. The molecular weight excluding hydrogens is 389 g/mol. The van der Waals surface area contributed by atoms with E-state index in [2.05, 4.69) is 29.3 Å². The van der Waals surface area contributed by atoms with Crippen LogP contribution in [-0.2, 0) is 0 Å². The number of nitrogens with one attached hydrogen (secondary N) is 1. The summed E-state index contributed by atoms with van der Waals surface area (Å²) in [6, 6.07) is 11.8. The maximum absolute atomic E-state index is 14.0. The Kier molecular flexibility index (Phi) is 5.61. The van der Waals surface area contributed by atoms with Gasteiger partial charge in [-0.15, -0.1) is 0 Å². The maximum Gasteiger partial charge on any atom is 0.170 e. The molecule has 1 saturated carbocycles. The van der Waals surface area contributed by atoms with Crippen LogP contribution in [0, 0.1) is 5.82 Å². The fourth-order valence-electron chi connectivity index (χ4n) is 4.14. The zero-order valence-corrected chi connectivity index (χ0v) is 17.4. The number of pyridine rings is 1. The van der Waals surface area contributed by atoms with Gasteiger partial charge in [0.05, 0.1) is 10.5 Å². The molecule has 0 saturated heterocycles. The average molecular weight is 414 g/mol. The minimum Gasteiger partial charge on any atom is -0.504 e. The van der Waals surface area contributed by atoms with Crippen molar-refractivity contribution in [3.05, 3.63) is 53.4 Å². The second-order valence-corrected chi connectivity index (χ2v) is 8.40. The Bertz CT molecular complexity index is 1010. The summed E-state index contributed by atoms with van der Waals surface area (Å²) in [4.78, 5) is 6.78. The minimum atomic E-state index is -0.727. The van der Waals surface area contributed by atoms with E-state index in [-0.39, 0.29) is 5.02 Å². The van der Waals surface area contributed by atoms with Gasteiger partial charge >= 0.3 is 0 Å². The molecule has 0 amide bonds. The van der Waals surface area contributed by atoms with Crippen LogP contribution in [0.15, 0.2) is 42.6 Å². The number of fused-ring (bicyclic) bond motifs is 1. The number of nitrogens with zero attached hydrogens (tertiary/aromatic N) is 2. The molecule has 0 aliphatic heterocycles. The Balaban J connectivity index is 1.63. The molecule has 3 aromatic rings. The largest absolute Gasteiger partial charge is 0.504 e. The van der Waals surface area contributed by atoms with Gasteiger partial charge in [-0.05, 0) is 81.2 Å². The molecule has 1 aliphatic carbocycles. The first-order valence-corrected chi connectivity index (χ1v) is 10.3. The molecule has 29 heavy (non-hydrogen) atoms. The molecule has 0 spiro atoms. The highest BCUT2D eigenvalue weighted by Crippen LogP contribution is 2.35. The van der Waals surface area contributed by atoms with Crippen LogP contribution in [0.1, 0.15) is 25.7 Å². The van der Waals surface area contributed by atoms with Crippen LogP contribution in [0.2, 0.25) is 5.02 Å². The van der Waals surface area contributed by atoms with E-state index in [0.29, 0.717) is 17.6 Å². The van der Waals surface area contributed by atoms with E-state index in [1.165, 1.54) is 18.9 Å². The number of hydrogen-bond acceptors (Lipinski definition) is 4. The predicted octanol–water partition coefficient (Wildman–Crippen LogP) is 5.68. The topological polar surface area (TPSA) is 48.4 Å². The van der Waals surface area contributed by atoms with Crippen molar-refractivity contribution in [1.82, 2.24) is 9.88 Å². The molecule has 0 atom stereocenters. The molecule has 152 valence electrons. The van der Waals surface area contributed by atoms with Gasteiger partial charge < -0.3 is 15.3 Å². The van der Waals surface area contributed by atoms with Gasteiger partial charge in [0.1, 0.15) is 0 Å². The third-order valence-electron chi connectivity index (χ3n) is 5.88. The number of hydrogen-bond donors (Lipinski definition) is 2. The molecule has 1 aliphatic rings. The van der Waals surface area contributed by atoms with Crippen molar-refractivity contribution >= 4 is 28.2 Å². The maximum atomic E-state index is 14.0. The Morgan fingerprint density at radius 2 is 1.83 bits per heavy atom. The normalized spacial score (nSPS) is 19.6. The zero-order chi connectivity index (χ0) is 20.5. The van der Waals surface area contributed by atoms with E-state index < -0.39 is 11.6 Å². The predicted molar refractivity (Wildman–Crippen MR) is 117 cm³/mol. The molecule has 2 aromatic carbocycles. The summed E-state index contributed by atoms with van der Waals surface area (Å²) in [6.45, 7) is 0. The van der Waals surface area contributed by atoms with Crippen molar-refractivity contribution in [1.29, 1.82) is 0 Å². The van der Waals surface area contributed by atoms with Crippen molar-refractivity contribution in [2.24, 2.45) is 0 Å². The quantitative estimate of drug-likeness (QED) is 0.577. The fourth-order valence-corrected chi connectivity index (χ4v) is 4.35. The zero-order valence-electron chi connectivity index (χ0n) is 16.6. The third-order valence-corrected chi connectivity index (χ3v) is 6.17. The second kappa shape index (κ2) is 8.17. The van der Waals surface area contributed by atoms with Crippen molar-refractivity contribution in [3.63, 3.8) is 0 Å². The van der Waals surface area contributed by atoms with Crippen LogP contribution in [0.5, 0.6) is 5.75 Å². The lowest BCUT2D eigenvalue weighted by Crippen LogP contribution is -2.36. The molecule has 4 rings (SSSR count). The molecular formula is C23H25ClFN3O. The summed E-state index contributed by atoms with van der Waals surface area (Å²) >= 11 is 5.96. The van der Waals surface area contributed by atoms with Crippen LogP contribution in [-0.4, -0.2) is 41.2 Å². The summed E-state index contributed by atoms with van der Waals surface area (Å²) in [5.74, 6) is -1.25. The fraction of sp³-hybridized carbons (Fsp3) is 0.348. The smallest absolute Gasteiger partial charge is 0.170 e. The first-order valence-electron chi connectivity index (χ1n) is 9.92. The van der Waals surface area contributed by atoms with Gasteiger partial charge in [0.2, 0.25) is 0 Å². The molecule has 0 radical (unpaired) electrons. The summed E-state index contributed by atoms with van der Waals surface area (Å²) < 4.78 is 14.0. The number of phenols is 1. The Morgan fingerprint density at radius 1 is 1.07 bits per heavy atom. The SMILES string of the molecule is CN(C)C1CCC(Nc2ccnc3ccc(-c4cc(F)c(O)c(Cl)c4)cc23)CC1. The number of halogens is 2. The molecule has 4 nitrogen and oxygen atoms in total. The number of anilines is 1.